The van der Waals surface area contributed by atoms with Crippen molar-refractivity contribution in [2.24, 2.45) is 0 Å². The number of phenols is 1. The molecule has 0 fully saturated rings. The number of halogens is 1. The maximum atomic E-state index is 13.1. The Kier molecular flexibility index (Phi) is 6.72. The van der Waals surface area contributed by atoms with Crippen molar-refractivity contribution in [1.29, 1.82) is 0 Å². The fraction of sp³-hybridized carbons (Fsp3) is 0.444. The van der Waals surface area contributed by atoms with Crippen molar-refractivity contribution in [2.45, 2.75) is 33.7 Å². The number of carbonyl (C=O) groups is 1. The van der Waals surface area contributed by atoms with Gasteiger partial charge in [0.25, 0.3) is 5.91 Å². The molecule has 1 aliphatic heterocycles. The molecule has 8 heteroatoms. The van der Waals surface area contributed by atoms with Gasteiger partial charge in [0.1, 0.15) is 0 Å². The summed E-state index contributed by atoms with van der Waals surface area (Å²) in [6.45, 7) is 9.09. The minimum atomic E-state index is -0.492. The van der Waals surface area contributed by atoms with Crippen LogP contribution in [0.4, 0.5) is 0 Å². The molecule has 1 aliphatic rings. The summed E-state index contributed by atoms with van der Waals surface area (Å²) in [6, 6.07) is 2.81. The van der Waals surface area contributed by atoms with Gasteiger partial charge >= 0.3 is 0 Å². The second-order valence-electron chi connectivity index (χ2n) is 5.83. The fourth-order valence-electron chi connectivity index (χ4n) is 2.93. The minimum Gasteiger partial charge on any atom is -0.503 e. The molecular formula is C18H24ClN3O3S. The number of hydrogen-bond donors (Lipinski definition) is 3. The van der Waals surface area contributed by atoms with E-state index in [1.807, 2.05) is 27.7 Å². The van der Waals surface area contributed by atoms with Gasteiger partial charge in [-0.2, -0.15) is 0 Å². The van der Waals surface area contributed by atoms with Crippen molar-refractivity contribution in [2.75, 3.05) is 19.7 Å². The number of amides is 1. The van der Waals surface area contributed by atoms with Crippen molar-refractivity contribution < 1.29 is 14.6 Å². The number of phenolic OH excluding ortho intramolecular Hbond substituents is 1. The lowest BCUT2D eigenvalue weighted by molar-refractivity contribution is -0.127. The number of allylic oxidation sites excluding steroid dienone is 1. The van der Waals surface area contributed by atoms with E-state index in [-0.39, 0.29) is 22.4 Å². The van der Waals surface area contributed by atoms with Gasteiger partial charge in [-0.1, -0.05) is 11.6 Å². The topological polar surface area (TPSA) is 73.8 Å². The Labute approximate surface area is 164 Å². The van der Waals surface area contributed by atoms with E-state index in [2.05, 4.69) is 10.6 Å². The summed E-state index contributed by atoms with van der Waals surface area (Å²) in [7, 11) is 0. The number of nitrogens with zero attached hydrogens (tertiary/aromatic N) is 1. The van der Waals surface area contributed by atoms with Gasteiger partial charge in [0, 0.05) is 18.8 Å². The van der Waals surface area contributed by atoms with E-state index in [1.54, 1.807) is 17.0 Å². The fourth-order valence-corrected chi connectivity index (χ4v) is 3.42. The number of rotatable bonds is 6. The van der Waals surface area contributed by atoms with Gasteiger partial charge in [-0.05, 0) is 57.6 Å². The summed E-state index contributed by atoms with van der Waals surface area (Å²) in [5, 5.41) is 16.8. The van der Waals surface area contributed by atoms with Crippen LogP contribution in [0, 0.1) is 0 Å². The molecule has 1 heterocycles. The highest BCUT2D eigenvalue weighted by atomic mass is 35.5. The summed E-state index contributed by atoms with van der Waals surface area (Å²) in [5.74, 6) is 0.0711. The van der Waals surface area contributed by atoms with E-state index in [1.165, 1.54) is 0 Å². The molecule has 0 saturated carbocycles. The highest BCUT2D eigenvalue weighted by Crippen LogP contribution is 2.39. The number of benzene rings is 1. The summed E-state index contributed by atoms with van der Waals surface area (Å²) in [5.41, 5.74) is 1.94. The number of likely N-dealkylation sites (N-methyl/N-ethyl adjacent to an activating group) is 1. The van der Waals surface area contributed by atoms with E-state index < -0.39 is 6.04 Å². The monoisotopic (exact) mass is 397 g/mol. The highest BCUT2D eigenvalue weighted by molar-refractivity contribution is 7.80. The Balaban J connectivity index is 2.56. The smallest absolute Gasteiger partial charge is 0.253 e. The van der Waals surface area contributed by atoms with E-state index in [9.17, 15) is 9.90 Å². The Morgan fingerprint density at radius 2 is 2.00 bits per heavy atom. The Morgan fingerprint density at radius 3 is 2.58 bits per heavy atom. The quantitative estimate of drug-likeness (QED) is 0.640. The van der Waals surface area contributed by atoms with Crippen LogP contribution in [0.15, 0.2) is 23.4 Å². The average Bonchev–Trinajstić information content (AvgIpc) is 2.59. The van der Waals surface area contributed by atoms with Crippen LogP contribution in [0.25, 0.3) is 0 Å². The molecule has 0 aromatic heterocycles. The second kappa shape index (κ2) is 8.60. The van der Waals surface area contributed by atoms with Crippen molar-refractivity contribution >= 4 is 34.8 Å². The summed E-state index contributed by atoms with van der Waals surface area (Å²) < 4.78 is 5.47. The molecule has 142 valence electrons. The molecule has 0 aliphatic carbocycles. The first-order valence-corrected chi connectivity index (χ1v) is 9.35. The number of ether oxygens (including phenoxy) is 1. The molecule has 0 spiro atoms. The zero-order valence-electron chi connectivity index (χ0n) is 15.4. The lowest BCUT2D eigenvalue weighted by atomic mass is 9.94. The normalized spacial score (nSPS) is 16.8. The van der Waals surface area contributed by atoms with Crippen molar-refractivity contribution in [3.63, 3.8) is 0 Å². The highest BCUT2D eigenvalue weighted by Gasteiger charge is 2.32. The molecule has 1 amide bonds. The zero-order valence-corrected chi connectivity index (χ0v) is 16.9. The third-order valence-electron chi connectivity index (χ3n) is 4.23. The van der Waals surface area contributed by atoms with Gasteiger partial charge in [0.15, 0.2) is 16.6 Å². The minimum absolute atomic E-state index is 0.0813. The second-order valence-corrected chi connectivity index (χ2v) is 6.65. The van der Waals surface area contributed by atoms with Crippen molar-refractivity contribution in [3.05, 3.63) is 34.0 Å². The molecule has 3 N–H and O–H groups in total. The summed E-state index contributed by atoms with van der Waals surface area (Å²) >= 11 is 11.4. The van der Waals surface area contributed by atoms with E-state index in [4.69, 9.17) is 28.6 Å². The third-order valence-corrected chi connectivity index (χ3v) is 4.74. The lowest BCUT2D eigenvalue weighted by Gasteiger charge is -2.33. The van der Waals surface area contributed by atoms with Crippen molar-refractivity contribution in [1.82, 2.24) is 15.5 Å². The largest absolute Gasteiger partial charge is 0.503 e. The van der Waals surface area contributed by atoms with Crippen LogP contribution in [0.1, 0.15) is 39.3 Å². The molecule has 6 nitrogen and oxygen atoms in total. The van der Waals surface area contributed by atoms with Gasteiger partial charge in [0.05, 0.1) is 23.2 Å². The van der Waals surface area contributed by atoms with E-state index in [0.29, 0.717) is 41.6 Å². The molecule has 0 saturated heterocycles. The maximum absolute atomic E-state index is 13.1. The predicted octanol–water partition coefficient (Wildman–Crippen LogP) is 3.11. The first kappa shape index (κ1) is 20.3. The van der Waals surface area contributed by atoms with Gasteiger partial charge in [-0.3, -0.25) is 4.79 Å². The Bertz CT molecular complexity index is 747. The van der Waals surface area contributed by atoms with E-state index in [0.717, 1.165) is 0 Å². The van der Waals surface area contributed by atoms with Gasteiger partial charge in [0.2, 0.25) is 0 Å². The SMILES string of the molecule is CCOc1cc([C@@H]2NC(=S)NC(C)=C2C(=O)N(CC)CC)cc(Cl)c1O. The first-order valence-electron chi connectivity index (χ1n) is 8.56. The number of aromatic hydroxyl groups is 1. The predicted molar refractivity (Wildman–Crippen MR) is 107 cm³/mol. The van der Waals surface area contributed by atoms with Gasteiger partial charge < -0.3 is 25.4 Å². The zero-order chi connectivity index (χ0) is 19.4. The molecule has 26 heavy (non-hydrogen) atoms. The molecular weight excluding hydrogens is 374 g/mol. The number of nitrogens with one attached hydrogen (secondary N) is 2. The van der Waals surface area contributed by atoms with Crippen LogP contribution in [0.2, 0.25) is 5.02 Å². The van der Waals surface area contributed by atoms with Crippen LogP contribution in [-0.4, -0.2) is 40.7 Å². The molecule has 0 unspecified atom stereocenters. The van der Waals surface area contributed by atoms with Crippen LogP contribution >= 0.6 is 23.8 Å². The lowest BCUT2D eigenvalue weighted by Crippen LogP contribution is -2.47. The van der Waals surface area contributed by atoms with E-state index >= 15 is 0 Å². The Morgan fingerprint density at radius 1 is 1.35 bits per heavy atom. The molecule has 1 atom stereocenters. The first-order chi connectivity index (χ1) is 12.3. The van der Waals surface area contributed by atoms with Gasteiger partial charge in [-0.15, -0.1) is 0 Å². The average molecular weight is 398 g/mol. The molecule has 1 aromatic carbocycles. The molecule has 2 rings (SSSR count). The molecule has 1 aromatic rings. The Hall–Kier alpha value is -1.99. The third kappa shape index (κ3) is 4.04. The number of thiocarbonyl (C=S) groups is 1. The molecule has 0 bridgehead atoms. The molecule has 0 radical (unpaired) electrons. The van der Waals surface area contributed by atoms with Crippen LogP contribution in [-0.2, 0) is 4.79 Å². The standard InChI is InChI=1S/C18H24ClN3O3S/c1-5-22(6-2)17(24)14-10(4)20-18(26)21-15(14)11-8-12(19)16(23)13(9-11)25-7-3/h8-9,15,23H,5-7H2,1-4H3,(H2,20,21,26)/t15-/m0/s1. The van der Waals surface area contributed by atoms with Crippen molar-refractivity contribution in [3.8, 4) is 11.5 Å². The van der Waals surface area contributed by atoms with Crippen LogP contribution < -0.4 is 15.4 Å². The van der Waals surface area contributed by atoms with Crippen LogP contribution in [0.3, 0.4) is 0 Å². The van der Waals surface area contributed by atoms with Crippen LogP contribution in [0.5, 0.6) is 11.5 Å². The summed E-state index contributed by atoms with van der Waals surface area (Å²) in [4.78, 5) is 14.8. The van der Waals surface area contributed by atoms with Gasteiger partial charge in [-0.25, -0.2) is 0 Å². The maximum Gasteiger partial charge on any atom is 0.253 e. The number of carbonyl (C=O) groups excluding carboxylic acids is 1. The summed E-state index contributed by atoms with van der Waals surface area (Å²) in [6.07, 6.45) is 0. The number of hydrogen-bond acceptors (Lipinski definition) is 4.